The van der Waals surface area contributed by atoms with Crippen LogP contribution in [0.5, 0.6) is 0 Å². The van der Waals surface area contributed by atoms with Crippen LogP contribution >= 0.6 is 0 Å². The van der Waals surface area contributed by atoms with E-state index in [1.165, 1.54) is 22.4 Å². The number of hydrogen-bond donors (Lipinski definition) is 1. The molecule has 6 rings (SSSR count). The highest BCUT2D eigenvalue weighted by molar-refractivity contribution is 5.80. The van der Waals surface area contributed by atoms with E-state index < -0.39 is 0 Å². The Morgan fingerprint density at radius 2 is 1.44 bits per heavy atom. The van der Waals surface area contributed by atoms with Crippen molar-refractivity contribution in [2.45, 2.75) is 6.54 Å². The van der Waals surface area contributed by atoms with Crippen molar-refractivity contribution in [3.63, 3.8) is 0 Å². The molecule has 1 aliphatic heterocycles. The van der Waals surface area contributed by atoms with E-state index in [-0.39, 0.29) is 0 Å². The van der Waals surface area contributed by atoms with Gasteiger partial charge in [-0.15, -0.1) is 0 Å². The van der Waals surface area contributed by atoms with Crippen LogP contribution in [-0.2, 0) is 6.54 Å². The van der Waals surface area contributed by atoms with Crippen molar-refractivity contribution in [1.29, 1.82) is 0 Å². The minimum atomic E-state index is 0.909. The molecule has 3 heterocycles. The zero-order valence-electron chi connectivity index (χ0n) is 19.1. The Morgan fingerprint density at radius 1 is 0.706 bits per heavy atom. The lowest BCUT2D eigenvalue weighted by Crippen LogP contribution is -2.45. The lowest BCUT2D eigenvalue weighted by molar-refractivity contribution is 0.250. The first-order valence-corrected chi connectivity index (χ1v) is 11.8. The summed E-state index contributed by atoms with van der Waals surface area (Å²) in [5.41, 5.74) is 8.23. The van der Waals surface area contributed by atoms with Gasteiger partial charge in [0.1, 0.15) is 5.82 Å². The second-order valence-electron chi connectivity index (χ2n) is 8.85. The van der Waals surface area contributed by atoms with Gasteiger partial charge in [0, 0.05) is 56.4 Å². The van der Waals surface area contributed by atoms with E-state index in [0.717, 1.165) is 55.1 Å². The molecule has 5 aromatic rings. The Balaban J connectivity index is 1.17. The quantitative estimate of drug-likeness (QED) is 0.382. The molecule has 1 N–H and O–H groups in total. The molecule has 5 nitrogen and oxygen atoms in total. The number of imidazole rings is 1. The lowest BCUT2D eigenvalue weighted by Gasteiger charge is -2.36. The average molecular weight is 446 g/mol. The molecule has 5 heteroatoms. The van der Waals surface area contributed by atoms with E-state index in [9.17, 15) is 0 Å². The van der Waals surface area contributed by atoms with Crippen molar-refractivity contribution in [2.75, 3.05) is 31.1 Å². The normalized spacial score (nSPS) is 14.5. The summed E-state index contributed by atoms with van der Waals surface area (Å²) in [5, 5.41) is 0. The molecule has 0 amide bonds. The van der Waals surface area contributed by atoms with Crippen molar-refractivity contribution in [3.8, 4) is 22.5 Å². The highest BCUT2D eigenvalue weighted by Gasteiger charge is 2.17. The molecule has 0 radical (unpaired) electrons. The summed E-state index contributed by atoms with van der Waals surface area (Å²) >= 11 is 0. The van der Waals surface area contributed by atoms with Gasteiger partial charge in [-0.2, -0.15) is 0 Å². The van der Waals surface area contributed by atoms with E-state index >= 15 is 0 Å². The Labute approximate surface area is 199 Å². The Morgan fingerprint density at radius 3 is 2.26 bits per heavy atom. The van der Waals surface area contributed by atoms with Crippen LogP contribution in [0.2, 0.25) is 0 Å². The van der Waals surface area contributed by atoms with E-state index in [0.29, 0.717) is 0 Å². The summed E-state index contributed by atoms with van der Waals surface area (Å²) in [6.07, 6.45) is 3.74. The van der Waals surface area contributed by atoms with Crippen LogP contribution in [0, 0.1) is 0 Å². The fourth-order valence-electron chi connectivity index (χ4n) is 4.76. The molecule has 2 aromatic heterocycles. The number of para-hydroxylation sites is 2. The molecule has 0 atom stereocenters. The Bertz CT molecular complexity index is 1370. The molecule has 0 unspecified atom stereocenters. The molecule has 0 spiro atoms. The summed E-state index contributed by atoms with van der Waals surface area (Å²) in [6, 6.07) is 29.9. The van der Waals surface area contributed by atoms with Crippen LogP contribution in [0.3, 0.4) is 0 Å². The number of hydrogen-bond acceptors (Lipinski definition) is 4. The minimum absolute atomic E-state index is 0.909. The number of H-pyrrole nitrogens is 1. The predicted octanol–water partition coefficient (Wildman–Crippen LogP) is 5.61. The molecule has 0 aliphatic carbocycles. The molecule has 1 saturated heterocycles. The Kier molecular flexibility index (Phi) is 5.53. The van der Waals surface area contributed by atoms with Gasteiger partial charge >= 0.3 is 0 Å². The number of pyridine rings is 1. The first kappa shape index (κ1) is 20.6. The van der Waals surface area contributed by atoms with Gasteiger partial charge in [0.15, 0.2) is 0 Å². The maximum Gasteiger partial charge on any atom is 0.138 e. The summed E-state index contributed by atoms with van der Waals surface area (Å²) in [7, 11) is 0. The minimum Gasteiger partial charge on any atom is -0.369 e. The number of piperazine rings is 1. The van der Waals surface area contributed by atoms with Crippen LogP contribution < -0.4 is 4.90 Å². The molecule has 3 aromatic carbocycles. The van der Waals surface area contributed by atoms with Gasteiger partial charge < -0.3 is 9.88 Å². The number of rotatable bonds is 5. The van der Waals surface area contributed by atoms with Gasteiger partial charge in [-0.25, -0.2) is 4.98 Å². The van der Waals surface area contributed by atoms with E-state index in [1.54, 1.807) is 0 Å². The molecule has 0 saturated carbocycles. The number of nitrogens with zero attached hydrogens (tertiary/aromatic N) is 4. The van der Waals surface area contributed by atoms with E-state index in [2.05, 4.69) is 86.5 Å². The van der Waals surface area contributed by atoms with Crippen molar-refractivity contribution >= 4 is 16.7 Å². The summed E-state index contributed by atoms with van der Waals surface area (Å²) in [6.45, 7) is 5.19. The second kappa shape index (κ2) is 9.12. The Hall–Kier alpha value is -3.96. The monoisotopic (exact) mass is 445 g/mol. The number of aromatic amines is 1. The third-order valence-corrected chi connectivity index (χ3v) is 6.59. The summed E-state index contributed by atoms with van der Waals surface area (Å²) in [5.74, 6) is 0.909. The zero-order chi connectivity index (χ0) is 22.7. The smallest absolute Gasteiger partial charge is 0.138 e. The van der Waals surface area contributed by atoms with Gasteiger partial charge in [-0.3, -0.25) is 9.88 Å². The number of fused-ring (bicyclic) bond motifs is 1. The fourth-order valence-corrected chi connectivity index (χ4v) is 4.76. The molecule has 168 valence electrons. The molecule has 1 aliphatic rings. The first-order valence-electron chi connectivity index (χ1n) is 11.8. The molecular formula is C29H27N5. The predicted molar refractivity (Wildman–Crippen MR) is 139 cm³/mol. The SMILES string of the molecule is c1cc(CN2CCN(c3ccncc3)CC2)cc(-c2cccc(-c3nc4ccccc4[nH]3)c2)c1. The van der Waals surface area contributed by atoms with Gasteiger partial charge in [0.25, 0.3) is 0 Å². The molecule has 34 heavy (non-hydrogen) atoms. The van der Waals surface area contributed by atoms with Gasteiger partial charge in [0.2, 0.25) is 0 Å². The van der Waals surface area contributed by atoms with Crippen LogP contribution in [-0.4, -0.2) is 46.0 Å². The van der Waals surface area contributed by atoms with Gasteiger partial charge in [0.05, 0.1) is 11.0 Å². The topological polar surface area (TPSA) is 48.1 Å². The molecule has 0 bridgehead atoms. The van der Waals surface area contributed by atoms with Crippen molar-refractivity contribution < 1.29 is 0 Å². The highest BCUT2D eigenvalue weighted by Crippen LogP contribution is 2.27. The number of anilines is 1. The van der Waals surface area contributed by atoms with Crippen LogP contribution in [0.15, 0.2) is 97.3 Å². The number of nitrogens with one attached hydrogen (secondary N) is 1. The van der Waals surface area contributed by atoms with Crippen molar-refractivity contribution in [3.05, 3.63) is 103 Å². The van der Waals surface area contributed by atoms with Gasteiger partial charge in [-0.1, -0.05) is 48.5 Å². The standard InChI is InChI=1S/C29H27N5/c1-2-10-28-27(9-1)31-29(32-28)25-8-4-7-24(20-25)23-6-3-5-22(19-23)21-33-15-17-34(18-16-33)26-11-13-30-14-12-26/h1-14,19-20H,15-18,21H2,(H,31,32). The van der Waals surface area contributed by atoms with Crippen LogP contribution in [0.1, 0.15) is 5.56 Å². The molecule has 1 fully saturated rings. The summed E-state index contributed by atoms with van der Waals surface area (Å²) < 4.78 is 0. The molecular weight excluding hydrogens is 418 g/mol. The second-order valence-corrected chi connectivity index (χ2v) is 8.85. The van der Waals surface area contributed by atoms with E-state index in [4.69, 9.17) is 4.98 Å². The highest BCUT2D eigenvalue weighted by atomic mass is 15.3. The van der Waals surface area contributed by atoms with Crippen LogP contribution in [0.4, 0.5) is 5.69 Å². The van der Waals surface area contributed by atoms with E-state index in [1.807, 2.05) is 30.6 Å². The number of aromatic nitrogens is 3. The van der Waals surface area contributed by atoms with Gasteiger partial charge in [-0.05, 0) is 53.1 Å². The lowest BCUT2D eigenvalue weighted by atomic mass is 10.0. The summed E-state index contributed by atoms with van der Waals surface area (Å²) in [4.78, 5) is 17.3. The van der Waals surface area contributed by atoms with Crippen molar-refractivity contribution in [2.24, 2.45) is 0 Å². The third-order valence-electron chi connectivity index (χ3n) is 6.59. The number of benzene rings is 3. The van der Waals surface area contributed by atoms with Crippen molar-refractivity contribution in [1.82, 2.24) is 19.9 Å². The fraction of sp³-hybridized carbons (Fsp3) is 0.172. The maximum atomic E-state index is 4.77. The third kappa shape index (κ3) is 4.30. The first-order chi connectivity index (χ1) is 16.8. The largest absolute Gasteiger partial charge is 0.369 e. The maximum absolute atomic E-state index is 4.77. The van der Waals surface area contributed by atoms with Crippen LogP contribution in [0.25, 0.3) is 33.5 Å². The average Bonchev–Trinajstić information content (AvgIpc) is 3.35. The zero-order valence-corrected chi connectivity index (χ0v) is 19.1.